The van der Waals surface area contributed by atoms with Crippen LogP contribution in [-0.2, 0) is 5.41 Å². The standard InChI is InChI=1S/C37H27NO/c1-37(2)29-19-10-8-17-27(29)36-30(37)20-12-21-31(36)38(24-13-4-3-5-14-24)32-23-34-35(26-16-7-6-15-25(26)32)28-18-9-11-22-33(28)39-34/h3-23H,1-2H3. The van der Waals surface area contributed by atoms with Gasteiger partial charge in [-0.1, -0.05) is 111 Å². The monoisotopic (exact) mass is 501 g/mol. The number of nitrogens with zero attached hydrogens (tertiary/aromatic N) is 1. The van der Waals surface area contributed by atoms with E-state index in [1.807, 2.05) is 6.07 Å². The highest BCUT2D eigenvalue weighted by molar-refractivity contribution is 6.22. The normalized spacial score (nSPS) is 13.6. The molecular formula is C37H27NO. The summed E-state index contributed by atoms with van der Waals surface area (Å²) in [5.74, 6) is 0. The smallest absolute Gasteiger partial charge is 0.138 e. The second kappa shape index (κ2) is 8.09. The number of anilines is 3. The Hall–Kier alpha value is -4.82. The highest BCUT2D eigenvalue weighted by Crippen LogP contribution is 2.55. The van der Waals surface area contributed by atoms with Gasteiger partial charge in [-0.3, -0.25) is 0 Å². The van der Waals surface area contributed by atoms with Gasteiger partial charge in [-0.25, -0.2) is 0 Å². The molecule has 8 rings (SSSR count). The lowest BCUT2D eigenvalue weighted by molar-refractivity contribution is 0.660. The summed E-state index contributed by atoms with van der Waals surface area (Å²) >= 11 is 0. The predicted octanol–water partition coefficient (Wildman–Crippen LogP) is 10.5. The molecular weight excluding hydrogens is 474 g/mol. The average molecular weight is 502 g/mol. The van der Waals surface area contributed by atoms with E-state index in [0.29, 0.717) is 0 Å². The molecule has 0 aliphatic heterocycles. The molecule has 1 aromatic heterocycles. The molecule has 0 amide bonds. The molecule has 0 saturated heterocycles. The van der Waals surface area contributed by atoms with Crippen molar-refractivity contribution in [2.24, 2.45) is 0 Å². The first-order chi connectivity index (χ1) is 19.1. The Bertz CT molecular complexity index is 2050. The maximum atomic E-state index is 6.48. The fourth-order valence-corrected chi connectivity index (χ4v) is 6.66. The molecule has 1 heterocycles. The Kier molecular flexibility index (Phi) is 4.60. The summed E-state index contributed by atoms with van der Waals surface area (Å²) < 4.78 is 6.48. The third kappa shape index (κ3) is 3.09. The zero-order chi connectivity index (χ0) is 26.1. The molecule has 0 saturated carbocycles. The highest BCUT2D eigenvalue weighted by Gasteiger charge is 2.37. The van der Waals surface area contributed by atoms with E-state index in [9.17, 15) is 0 Å². The molecule has 0 radical (unpaired) electrons. The SMILES string of the molecule is CC1(C)c2ccccc2-c2c(N(c3ccccc3)c3cc4oc5ccccc5c4c4ccccc34)cccc21. The summed E-state index contributed by atoms with van der Waals surface area (Å²) in [6, 6.07) is 45.6. The van der Waals surface area contributed by atoms with Crippen molar-refractivity contribution in [1.82, 2.24) is 0 Å². The molecule has 7 aromatic rings. The lowest BCUT2D eigenvalue weighted by atomic mass is 9.82. The predicted molar refractivity (Wildman–Crippen MR) is 163 cm³/mol. The maximum Gasteiger partial charge on any atom is 0.138 e. The van der Waals surface area contributed by atoms with E-state index in [4.69, 9.17) is 4.42 Å². The molecule has 0 fully saturated rings. The van der Waals surface area contributed by atoms with Crippen LogP contribution in [0.4, 0.5) is 17.1 Å². The van der Waals surface area contributed by atoms with Crippen molar-refractivity contribution in [3.8, 4) is 11.1 Å². The fourth-order valence-electron chi connectivity index (χ4n) is 6.66. The Labute approximate surface area is 227 Å². The maximum absolute atomic E-state index is 6.48. The van der Waals surface area contributed by atoms with Gasteiger partial charge in [0.25, 0.3) is 0 Å². The zero-order valence-corrected chi connectivity index (χ0v) is 22.0. The molecule has 0 bridgehead atoms. The Morgan fingerprint density at radius 3 is 2.05 bits per heavy atom. The molecule has 0 spiro atoms. The van der Waals surface area contributed by atoms with E-state index < -0.39 is 0 Å². The van der Waals surface area contributed by atoms with Crippen molar-refractivity contribution in [3.63, 3.8) is 0 Å². The second-order valence-corrected chi connectivity index (χ2v) is 11.0. The Morgan fingerprint density at radius 1 is 0.538 bits per heavy atom. The zero-order valence-electron chi connectivity index (χ0n) is 22.0. The third-order valence-corrected chi connectivity index (χ3v) is 8.44. The summed E-state index contributed by atoms with van der Waals surface area (Å²) in [5.41, 5.74) is 10.5. The Balaban J connectivity index is 1.50. The number of para-hydroxylation sites is 2. The Morgan fingerprint density at radius 2 is 1.21 bits per heavy atom. The van der Waals surface area contributed by atoms with Crippen LogP contribution in [0, 0.1) is 0 Å². The van der Waals surface area contributed by atoms with Crippen molar-refractivity contribution < 1.29 is 4.42 Å². The molecule has 2 heteroatoms. The summed E-state index contributed by atoms with van der Waals surface area (Å²) in [6.45, 7) is 4.67. The van der Waals surface area contributed by atoms with Crippen LogP contribution in [-0.4, -0.2) is 0 Å². The molecule has 1 aliphatic carbocycles. The first-order valence-corrected chi connectivity index (χ1v) is 13.5. The van der Waals surface area contributed by atoms with Gasteiger partial charge in [-0.2, -0.15) is 0 Å². The summed E-state index contributed by atoms with van der Waals surface area (Å²) in [4.78, 5) is 2.42. The molecule has 6 aromatic carbocycles. The van der Waals surface area contributed by atoms with E-state index in [-0.39, 0.29) is 5.41 Å². The average Bonchev–Trinajstić information content (AvgIpc) is 3.47. The van der Waals surface area contributed by atoms with Crippen molar-refractivity contribution in [3.05, 3.63) is 139 Å². The number of fused-ring (bicyclic) bond motifs is 8. The third-order valence-electron chi connectivity index (χ3n) is 8.44. The van der Waals surface area contributed by atoms with Crippen LogP contribution in [0.15, 0.2) is 132 Å². The van der Waals surface area contributed by atoms with Gasteiger partial charge in [0.05, 0.1) is 11.4 Å². The molecule has 0 atom stereocenters. The van der Waals surface area contributed by atoms with Crippen LogP contribution in [0.25, 0.3) is 43.8 Å². The minimum absolute atomic E-state index is 0.0744. The molecule has 1 aliphatic rings. The summed E-state index contributed by atoms with van der Waals surface area (Å²) in [7, 11) is 0. The van der Waals surface area contributed by atoms with Gasteiger partial charge in [-0.05, 0) is 46.3 Å². The van der Waals surface area contributed by atoms with E-state index in [1.165, 1.54) is 44.1 Å². The quantitative estimate of drug-likeness (QED) is 0.239. The van der Waals surface area contributed by atoms with Gasteiger partial charge >= 0.3 is 0 Å². The number of rotatable bonds is 3. The van der Waals surface area contributed by atoms with Crippen LogP contribution < -0.4 is 4.90 Å². The lowest BCUT2D eigenvalue weighted by Gasteiger charge is -2.30. The molecule has 39 heavy (non-hydrogen) atoms. The van der Waals surface area contributed by atoms with Gasteiger partial charge in [0.2, 0.25) is 0 Å². The minimum atomic E-state index is -0.0744. The van der Waals surface area contributed by atoms with Crippen molar-refractivity contribution in [2.75, 3.05) is 4.90 Å². The van der Waals surface area contributed by atoms with Crippen LogP contribution >= 0.6 is 0 Å². The molecule has 186 valence electrons. The van der Waals surface area contributed by atoms with Crippen molar-refractivity contribution in [1.29, 1.82) is 0 Å². The van der Waals surface area contributed by atoms with Crippen molar-refractivity contribution >= 4 is 49.8 Å². The molecule has 0 N–H and O–H groups in total. The van der Waals surface area contributed by atoms with Gasteiger partial charge in [0.15, 0.2) is 0 Å². The van der Waals surface area contributed by atoms with E-state index in [0.717, 1.165) is 27.9 Å². The van der Waals surface area contributed by atoms with Gasteiger partial charge < -0.3 is 9.32 Å². The summed E-state index contributed by atoms with van der Waals surface area (Å²) in [6.07, 6.45) is 0. The first-order valence-electron chi connectivity index (χ1n) is 13.5. The van der Waals surface area contributed by atoms with Crippen LogP contribution in [0.1, 0.15) is 25.0 Å². The van der Waals surface area contributed by atoms with Crippen molar-refractivity contribution in [2.45, 2.75) is 19.3 Å². The van der Waals surface area contributed by atoms with Gasteiger partial charge in [0, 0.05) is 38.9 Å². The van der Waals surface area contributed by atoms with E-state index in [1.54, 1.807) is 0 Å². The minimum Gasteiger partial charge on any atom is -0.456 e. The fraction of sp³-hybridized carbons (Fsp3) is 0.0811. The van der Waals surface area contributed by atoms with Gasteiger partial charge in [-0.15, -0.1) is 0 Å². The number of hydrogen-bond donors (Lipinski definition) is 0. The number of hydrogen-bond acceptors (Lipinski definition) is 2. The van der Waals surface area contributed by atoms with Gasteiger partial charge in [0.1, 0.15) is 11.2 Å². The topological polar surface area (TPSA) is 16.4 Å². The lowest BCUT2D eigenvalue weighted by Crippen LogP contribution is -2.16. The van der Waals surface area contributed by atoms with E-state index >= 15 is 0 Å². The number of furan rings is 1. The van der Waals surface area contributed by atoms with Crippen LogP contribution in [0.5, 0.6) is 0 Å². The molecule has 0 unspecified atom stereocenters. The summed E-state index contributed by atoms with van der Waals surface area (Å²) in [5, 5.41) is 4.72. The molecule has 2 nitrogen and oxygen atoms in total. The van der Waals surface area contributed by atoms with Crippen LogP contribution in [0.2, 0.25) is 0 Å². The van der Waals surface area contributed by atoms with E-state index in [2.05, 4.69) is 140 Å². The highest BCUT2D eigenvalue weighted by atomic mass is 16.3. The second-order valence-electron chi connectivity index (χ2n) is 11.0. The van der Waals surface area contributed by atoms with Crippen LogP contribution in [0.3, 0.4) is 0 Å². The largest absolute Gasteiger partial charge is 0.456 e. The first kappa shape index (κ1) is 22.2. The number of benzene rings is 6.